The molecule has 3 aromatic rings. The van der Waals surface area contributed by atoms with Gasteiger partial charge in [0.25, 0.3) is 6.47 Å². The van der Waals surface area contributed by atoms with Crippen LogP contribution in [0, 0.1) is 0 Å². The topological polar surface area (TPSA) is 152 Å². The highest BCUT2D eigenvalue weighted by Crippen LogP contribution is 2.32. The molecule has 0 atom stereocenters. The van der Waals surface area contributed by atoms with Crippen molar-refractivity contribution in [3.05, 3.63) is 48.0 Å². The van der Waals surface area contributed by atoms with E-state index in [0.717, 1.165) is 22.0 Å². The highest BCUT2D eigenvalue weighted by molar-refractivity contribution is 6.31. The number of benzene rings is 1. The Morgan fingerprint density at radius 2 is 2.19 bits per heavy atom. The maximum absolute atomic E-state index is 8.36. The van der Waals surface area contributed by atoms with Crippen LogP contribution in [0.5, 0.6) is 0 Å². The van der Waals surface area contributed by atoms with Gasteiger partial charge in [-0.1, -0.05) is 17.7 Å². The molecule has 9 nitrogen and oxygen atoms in total. The Bertz CT molecular complexity index is 890. The molecule has 0 amide bonds. The number of hydrogen-bond donors (Lipinski definition) is 5. The van der Waals surface area contributed by atoms with Gasteiger partial charge in [-0.3, -0.25) is 9.89 Å². The van der Waals surface area contributed by atoms with Crippen molar-refractivity contribution >= 4 is 34.8 Å². The minimum Gasteiger partial charge on any atom is -0.483 e. The van der Waals surface area contributed by atoms with Gasteiger partial charge < -0.3 is 26.1 Å². The van der Waals surface area contributed by atoms with Crippen molar-refractivity contribution in [2.75, 3.05) is 13.1 Å². The van der Waals surface area contributed by atoms with Crippen LogP contribution in [0.3, 0.4) is 0 Å². The predicted octanol–water partition coefficient (Wildman–Crippen LogP) is 1.23. The third kappa shape index (κ3) is 4.33. The number of carbonyl (C=O) groups is 1. The van der Waals surface area contributed by atoms with Crippen LogP contribution in [0.25, 0.3) is 27.9 Å². The minimum atomic E-state index is -0.250. The molecule has 0 bridgehead atoms. The zero-order chi connectivity index (χ0) is 19.1. The first kappa shape index (κ1) is 19.3. The first-order valence-corrected chi connectivity index (χ1v) is 7.96. The Labute approximate surface area is 154 Å². The summed E-state index contributed by atoms with van der Waals surface area (Å²) in [4.78, 5) is 8.36. The molecule has 0 saturated carbocycles. The summed E-state index contributed by atoms with van der Waals surface area (Å²) >= 11 is 6.14. The quantitative estimate of drug-likeness (QED) is 0.254. The Hall–Kier alpha value is -3.01. The molecule has 8 N–H and O–H groups in total. The fourth-order valence-corrected chi connectivity index (χ4v) is 2.65. The van der Waals surface area contributed by atoms with Crippen molar-refractivity contribution in [2.45, 2.75) is 0 Å². The standard InChI is InChI=1S/C15H18ClN7.CH2O2/c16-11-1-2-12-13(10-6-20-21-7-10)8-23(14(12)5-11)15(18)9-22(19)4-3-17;2-1-3/h1-2,5-9H,3-4,17-19H2,(H,20,21);1H,(H,2,3)/b15-9+;. The summed E-state index contributed by atoms with van der Waals surface area (Å²) in [5.74, 6) is 6.32. The van der Waals surface area contributed by atoms with E-state index in [1.165, 1.54) is 5.01 Å². The molecule has 2 heterocycles. The van der Waals surface area contributed by atoms with Gasteiger partial charge in [-0.2, -0.15) is 5.10 Å². The summed E-state index contributed by atoms with van der Waals surface area (Å²) in [6.07, 6.45) is 7.18. The zero-order valence-electron chi connectivity index (χ0n) is 13.8. The maximum Gasteiger partial charge on any atom is 0.290 e. The molecule has 138 valence electrons. The number of nitrogens with one attached hydrogen (secondary N) is 1. The third-order valence-corrected chi connectivity index (χ3v) is 3.78. The van der Waals surface area contributed by atoms with Crippen LogP contribution in [0.4, 0.5) is 0 Å². The van der Waals surface area contributed by atoms with Crippen molar-refractivity contribution in [1.29, 1.82) is 0 Å². The molecule has 0 radical (unpaired) electrons. The van der Waals surface area contributed by atoms with Crippen LogP contribution < -0.4 is 17.3 Å². The van der Waals surface area contributed by atoms with Crippen molar-refractivity contribution in [1.82, 2.24) is 19.8 Å². The molecule has 0 unspecified atom stereocenters. The van der Waals surface area contributed by atoms with Crippen molar-refractivity contribution in [3.63, 3.8) is 0 Å². The highest BCUT2D eigenvalue weighted by atomic mass is 35.5. The highest BCUT2D eigenvalue weighted by Gasteiger charge is 2.13. The Kier molecular flexibility index (Phi) is 6.61. The number of H-pyrrole nitrogens is 1. The molecule has 10 heteroatoms. The lowest BCUT2D eigenvalue weighted by molar-refractivity contribution is -0.122. The average Bonchev–Trinajstić information content (AvgIpc) is 3.22. The summed E-state index contributed by atoms with van der Waals surface area (Å²) in [6.45, 7) is 0.702. The number of fused-ring (bicyclic) bond motifs is 1. The number of aromatic amines is 1. The van der Waals surface area contributed by atoms with Gasteiger partial charge in [0.05, 0.1) is 17.9 Å². The average molecular weight is 378 g/mol. The molecular formula is C16H20ClN7O2. The van der Waals surface area contributed by atoms with E-state index in [-0.39, 0.29) is 6.47 Å². The normalized spacial score (nSPS) is 11.1. The van der Waals surface area contributed by atoms with E-state index >= 15 is 0 Å². The van der Waals surface area contributed by atoms with Gasteiger partial charge in [0, 0.05) is 47.0 Å². The van der Waals surface area contributed by atoms with Gasteiger partial charge in [0.15, 0.2) is 0 Å². The van der Waals surface area contributed by atoms with Gasteiger partial charge in [-0.25, -0.2) is 5.84 Å². The number of hydrazine groups is 1. The van der Waals surface area contributed by atoms with E-state index in [9.17, 15) is 0 Å². The van der Waals surface area contributed by atoms with Crippen molar-refractivity contribution in [3.8, 4) is 11.1 Å². The molecule has 2 aromatic heterocycles. The SMILES string of the molecule is NCCN(N)/C=C(\N)n1cc(-c2cn[nH]c2)c2ccc(Cl)cc21.O=CO. The lowest BCUT2D eigenvalue weighted by Crippen LogP contribution is -2.32. The van der Waals surface area contributed by atoms with Gasteiger partial charge in [0.1, 0.15) is 5.82 Å². The molecule has 1 aromatic carbocycles. The van der Waals surface area contributed by atoms with Crippen LogP contribution >= 0.6 is 11.6 Å². The van der Waals surface area contributed by atoms with Crippen molar-refractivity contribution < 1.29 is 9.90 Å². The first-order valence-electron chi connectivity index (χ1n) is 7.58. The number of carboxylic acid groups (broad SMARTS) is 1. The summed E-state index contributed by atoms with van der Waals surface area (Å²) in [5.41, 5.74) is 14.6. The molecule has 0 fully saturated rings. The van der Waals surface area contributed by atoms with E-state index in [2.05, 4.69) is 10.2 Å². The molecule has 0 aliphatic heterocycles. The Balaban J connectivity index is 0.000000758. The molecular weight excluding hydrogens is 358 g/mol. The van der Waals surface area contributed by atoms with E-state index < -0.39 is 0 Å². The Morgan fingerprint density at radius 3 is 2.81 bits per heavy atom. The number of nitrogens with zero attached hydrogens (tertiary/aromatic N) is 3. The monoisotopic (exact) mass is 377 g/mol. The second-order valence-electron chi connectivity index (χ2n) is 5.25. The number of hydrogen-bond acceptors (Lipinski definition) is 6. The molecule has 3 rings (SSSR count). The largest absolute Gasteiger partial charge is 0.483 e. The number of nitrogens with two attached hydrogens (primary N) is 3. The van der Waals surface area contributed by atoms with Gasteiger partial charge >= 0.3 is 0 Å². The molecule has 0 spiro atoms. The minimum absolute atomic E-state index is 0.250. The van der Waals surface area contributed by atoms with E-state index in [4.69, 9.17) is 38.8 Å². The van der Waals surface area contributed by atoms with Crippen LogP contribution in [-0.2, 0) is 4.79 Å². The van der Waals surface area contributed by atoms with Crippen LogP contribution in [0.2, 0.25) is 5.02 Å². The van der Waals surface area contributed by atoms with Crippen LogP contribution in [0.15, 0.2) is 43.0 Å². The Morgan fingerprint density at radius 1 is 1.46 bits per heavy atom. The lowest BCUT2D eigenvalue weighted by Gasteiger charge is -2.14. The van der Waals surface area contributed by atoms with Crippen molar-refractivity contribution in [2.24, 2.45) is 17.3 Å². The third-order valence-electron chi connectivity index (χ3n) is 3.54. The number of aromatic nitrogens is 3. The fraction of sp³-hybridized carbons (Fsp3) is 0.125. The van der Waals surface area contributed by atoms with E-state index in [1.807, 2.05) is 35.2 Å². The van der Waals surface area contributed by atoms with Crippen LogP contribution in [-0.4, -0.2) is 44.4 Å². The summed E-state index contributed by atoms with van der Waals surface area (Å²) < 4.78 is 1.85. The van der Waals surface area contributed by atoms with E-state index in [1.54, 1.807) is 12.4 Å². The zero-order valence-corrected chi connectivity index (χ0v) is 14.6. The molecule has 0 aliphatic rings. The van der Waals surface area contributed by atoms with Crippen LogP contribution in [0.1, 0.15) is 0 Å². The van der Waals surface area contributed by atoms with Gasteiger partial charge in [-0.15, -0.1) is 0 Å². The first-order chi connectivity index (χ1) is 12.5. The number of rotatable bonds is 5. The maximum atomic E-state index is 8.36. The second-order valence-corrected chi connectivity index (χ2v) is 5.68. The molecule has 26 heavy (non-hydrogen) atoms. The van der Waals surface area contributed by atoms with Gasteiger partial charge in [-0.05, 0) is 12.1 Å². The van der Waals surface area contributed by atoms with E-state index in [0.29, 0.717) is 23.9 Å². The smallest absolute Gasteiger partial charge is 0.290 e. The second kappa shape index (κ2) is 8.90. The lowest BCUT2D eigenvalue weighted by atomic mass is 10.1. The van der Waals surface area contributed by atoms with Gasteiger partial charge in [0.2, 0.25) is 0 Å². The summed E-state index contributed by atoms with van der Waals surface area (Å²) in [6, 6.07) is 5.68. The summed E-state index contributed by atoms with van der Waals surface area (Å²) in [7, 11) is 0. The molecule has 0 saturated heterocycles. The summed E-state index contributed by atoms with van der Waals surface area (Å²) in [5, 5.41) is 16.8. The molecule has 0 aliphatic carbocycles. The fourth-order valence-electron chi connectivity index (χ4n) is 2.49. The predicted molar refractivity (Wildman–Crippen MR) is 102 cm³/mol. The number of halogens is 1.